The van der Waals surface area contributed by atoms with Crippen molar-refractivity contribution in [1.82, 2.24) is 5.32 Å². The van der Waals surface area contributed by atoms with E-state index in [1.165, 1.54) is 31.7 Å². The van der Waals surface area contributed by atoms with E-state index < -0.39 is 0 Å². The molecule has 1 aromatic carbocycles. The van der Waals surface area contributed by atoms with Gasteiger partial charge in [0.1, 0.15) is 0 Å². The van der Waals surface area contributed by atoms with E-state index in [0.717, 1.165) is 13.0 Å². The maximum absolute atomic E-state index is 3.54. The van der Waals surface area contributed by atoms with Gasteiger partial charge in [0.15, 0.2) is 0 Å². The van der Waals surface area contributed by atoms with E-state index >= 15 is 0 Å². The molecule has 0 fully saturated rings. The summed E-state index contributed by atoms with van der Waals surface area (Å²) < 4.78 is 1.47. The van der Waals surface area contributed by atoms with Gasteiger partial charge in [-0.1, -0.05) is 38.5 Å². The lowest BCUT2D eigenvalue weighted by Gasteiger charge is -2.07. The van der Waals surface area contributed by atoms with Gasteiger partial charge in [-0.15, -0.1) is 11.3 Å². The highest BCUT2D eigenvalue weighted by Gasteiger charge is 2.12. The van der Waals surface area contributed by atoms with E-state index in [0.29, 0.717) is 6.04 Å². The fraction of sp³-hybridized carbons (Fsp3) is 0.500. The minimum atomic E-state index is 0.544. The molecule has 0 spiro atoms. The van der Waals surface area contributed by atoms with E-state index in [-0.39, 0.29) is 0 Å². The highest BCUT2D eigenvalue weighted by atomic mass is 32.1. The van der Waals surface area contributed by atoms with Gasteiger partial charge in [0.2, 0.25) is 0 Å². The molecule has 1 heterocycles. The van der Waals surface area contributed by atoms with Gasteiger partial charge >= 0.3 is 0 Å². The van der Waals surface area contributed by atoms with Crippen molar-refractivity contribution in [3.8, 4) is 0 Å². The average molecular weight is 261 g/mol. The van der Waals surface area contributed by atoms with Crippen LogP contribution in [0.5, 0.6) is 0 Å². The molecule has 0 aliphatic rings. The Balaban J connectivity index is 2.50. The Morgan fingerprint density at radius 3 is 2.56 bits per heavy atom. The van der Waals surface area contributed by atoms with Crippen LogP contribution in [0.4, 0.5) is 0 Å². The predicted molar refractivity (Wildman–Crippen MR) is 82.7 cm³/mol. The number of thiophene rings is 1. The maximum atomic E-state index is 3.54. The lowest BCUT2D eigenvalue weighted by atomic mass is 10.0. The highest BCUT2D eigenvalue weighted by Crippen LogP contribution is 2.34. The molecule has 0 radical (unpaired) electrons. The molecule has 0 aliphatic heterocycles. The van der Waals surface area contributed by atoms with Crippen molar-refractivity contribution in [3.05, 3.63) is 33.7 Å². The van der Waals surface area contributed by atoms with Crippen LogP contribution in [0.15, 0.2) is 12.1 Å². The van der Waals surface area contributed by atoms with E-state index in [1.54, 1.807) is 0 Å². The minimum Gasteiger partial charge on any atom is -0.310 e. The van der Waals surface area contributed by atoms with Crippen LogP contribution in [0, 0.1) is 13.8 Å². The molecule has 0 saturated carbocycles. The zero-order chi connectivity index (χ0) is 13.3. The lowest BCUT2D eigenvalue weighted by Crippen LogP contribution is -2.21. The highest BCUT2D eigenvalue weighted by molar-refractivity contribution is 7.19. The van der Waals surface area contributed by atoms with Crippen LogP contribution < -0.4 is 5.32 Å². The first kappa shape index (κ1) is 13.6. The standard InChI is InChI=1S/C16H23NS/c1-6-13-14-8-11(4)7-12(5)16(14)18-15(13)9-17-10(2)3/h7-8,10,17H,6,9H2,1-5H3. The summed E-state index contributed by atoms with van der Waals surface area (Å²) in [5.41, 5.74) is 4.33. The second-order valence-corrected chi connectivity index (χ2v) is 6.46. The van der Waals surface area contributed by atoms with Crippen molar-refractivity contribution in [2.24, 2.45) is 0 Å². The van der Waals surface area contributed by atoms with Crippen LogP contribution in [-0.2, 0) is 13.0 Å². The SMILES string of the molecule is CCc1c(CNC(C)C)sc2c(C)cc(C)cc12. The van der Waals surface area contributed by atoms with E-state index in [2.05, 4.69) is 52.1 Å². The quantitative estimate of drug-likeness (QED) is 0.849. The van der Waals surface area contributed by atoms with E-state index in [1.807, 2.05) is 11.3 Å². The Kier molecular flexibility index (Phi) is 4.08. The maximum Gasteiger partial charge on any atom is 0.0378 e. The third-order valence-electron chi connectivity index (χ3n) is 3.33. The third kappa shape index (κ3) is 2.60. The Hall–Kier alpha value is -0.860. The van der Waals surface area contributed by atoms with Crippen molar-refractivity contribution < 1.29 is 0 Å². The number of benzene rings is 1. The Bertz CT molecular complexity index is 552. The molecule has 1 nitrogen and oxygen atoms in total. The molecular weight excluding hydrogens is 238 g/mol. The van der Waals surface area contributed by atoms with Crippen LogP contribution in [0.3, 0.4) is 0 Å². The minimum absolute atomic E-state index is 0.544. The molecule has 2 aromatic rings. The molecule has 98 valence electrons. The van der Waals surface area contributed by atoms with Gasteiger partial charge in [0.25, 0.3) is 0 Å². The molecule has 1 aromatic heterocycles. The first-order valence-electron chi connectivity index (χ1n) is 6.77. The first-order valence-corrected chi connectivity index (χ1v) is 7.59. The first-order chi connectivity index (χ1) is 8.52. The molecular formula is C16H23NS. The summed E-state index contributed by atoms with van der Waals surface area (Å²) in [7, 11) is 0. The van der Waals surface area contributed by atoms with Gasteiger partial charge in [-0.2, -0.15) is 0 Å². The molecule has 2 heteroatoms. The van der Waals surface area contributed by atoms with Gasteiger partial charge < -0.3 is 5.32 Å². The van der Waals surface area contributed by atoms with Gasteiger partial charge in [0.05, 0.1) is 0 Å². The second kappa shape index (κ2) is 5.41. The number of hydrogen-bond acceptors (Lipinski definition) is 2. The number of rotatable bonds is 4. The predicted octanol–water partition coefficient (Wildman–Crippen LogP) is 4.58. The zero-order valence-corrected chi connectivity index (χ0v) is 12.9. The normalized spacial score (nSPS) is 11.7. The summed E-state index contributed by atoms with van der Waals surface area (Å²) in [5, 5.41) is 5.01. The molecule has 2 rings (SSSR count). The van der Waals surface area contributed by atoms with Crippen molar-refractivity contribution in [2.75, 3.05) is 0 Å². The van der Waals surface area contributed by atoms with Crippen LogP contribution in [0.2, 0.25) is 0 Å². The molecule has 0 amide bonds. The van der Waals surface area contributed by atoms with Gasteiger partial charge in [-0.05, 0) is 36.8 Å². The fourth-order valence-corrected chi connectivity index (χ4v) is 3.77. The molecule has 0 atom stereocenters. The summed E-state index contributed by atoms with van der Waals surface area (Å²) in [4.78, 5) is 1.51. The monoisotopic (exact) mass is 261 g/mol. The van der Waals surface area contributed by atoms with Crippen molar-refractivity contribution >= 4 is 21.4 Å². The topological polar surface area (TPSA) is 12.0 Å². The van der Waals surface area contributed by atoms with Crippen molar-refractivity contribution in [3.63, 3.8) is 0 Å². The van der Waals surface area contributed by atoms with Crippen LogP contribution in [-0.4, -0.2) is 6.04 Å². The summed E-state index contributed by atoms with van der Waals surface area (Å²) in [5.74, 6) is 0. The van der Waals surface area contributed by atoms with Crippen molar-refractivity contribution in [1.29, 1.82) is 0 Å². The third-order valence-corrected chi connectivity index (χ3v) is 4.71. The summed E-state index contributed by atoms with van der Waals surface area (Å²) >= 11 is 1.96. The average Bonchev–Trinajstić information content (AvgIpc) is 2.64. The van der Waals surface area contributed by atoms with Gasteiger partial charge in [-0.3, -0.25) is 0 Å². The molecule has 1 N–H and O–H groups in total. The Morgan fingerprint density at radius 1 is 1.22 bits per heavy atom. The zero-order valence-electron chi connectivity index (χ0n) is 12.1. The Morgan fingerprint density at radius 2 is 1.94 bits per heavy atom. The molecule has 0 saturated heterocycles. The van der Waals surface area contributed by atoms with E-state index in [4.69, 9.17) is 0 Å². The number of aryl methyl sites for hydroxylation is 3. The Labute approximate surface area is 114 Å². The summed E-state index contributed by atoms with van der Waals surface area (Å²) in [6.45, 7) is 12.1. The number of hydrogen-bond donors (Lipinski definition) is 1. The summed E-state index contributed by atoms with van der Waals surface area (Å²) in [6, 6.07) is 5.18. The van der Waals surface area contributed by atoms with Gasteiger partial charge in [0, 0.05) is 22.2 Å². The number of nitrogens with one attached hydrogen (secondary N) is 1. The number of fused-ring (bicyclic) bond motifs is 1. The van der Waals surface area contributed by atoms with E-state index in [9.17, 15) is 0 Å². The van der Waals surface area contributed by atoms with Crippen LogP contribution in [0.1, 0.15) is 42.3 Å². The van der Waals surface area contributed by atoms with Crippen LogP contribution in [0.25, 0.3) is 10.1 Å². The largest absolute Gasteiger partial charge is 0.310 e. The van der Waals surface area contributed by atoms with Gasteiger partial charge in [-0.25, -0.2) is 0 Å². The summed E-state index contributed by atoms with van der Waals surface area (Å²) in [6.07, 6.45) is 1.12. The van der Waals surface area contributed by atoms with Crippen LogP contribution >= 0.6 is 11.3 Å². The molecule has 18 heavy (non-hydrogen) atoms. The smallest absolute Gasteiger partial charge is 0.0378 e. The van der Waals surface area contributed by atoms with Crippen molar-refractivity contribution in [2.45, 2.75) is 53.6 Å². The lowest BCUT2D eigenvalue weighted by molar-refractivity contribution is 0.591. The molecule has 0 bridgehead atoms. The molecule has 0 unspecified atom stereocenters. The molecule has 0 aliphatic carbocycles. The fourth-order valence-electron chi connectivity index (χ4n) is 2.48. The second-order valence-electron chi connectivity index (χ2n) is 5.35.